The molecule has 2 aromatic heterocycles. The van der Waals surface area contributed by atoms with Gasteiger partial charge in [-0.3, -0.25) is 4.40 Å². The quantitative estimate of drug-likeness (QED) is 0.650. The van der Waals surface area contributed by atoms with Crippen molar-refractivity contribution in [1.29, 1.82) is 0 Å². The summed E-state index contributed by atoms with van der Waals surface area (Å²) in [6, 6.07) is 3.44. The second kappa shape index (κ2) is 5.72. The second-order valence-corrected chi connectivity index (χ2v) is 7.17. The predicted molar refractivity (Wildman–Crippen MR) is 90.0 cm³/mol. The number of halogens is 2. The van der Waals surface area contributed by atoms with Crippen LogP contribution in [0.25, 0.3) is 4.96 Å². The average molecular weight is 432 g/mol. The van der Waals surface area contributed by atoms with Crippen molar-refractivity contribution in [2.75, 3.05) is 0 Å². The zero-order valence-corrected chi connectivity index (χ0v) is 15.0. The molecular weight excluding hydrogens is 420 g/mol. The monoisotopic (exact) mass is 430 g/mol. The van der Waals surface area contributed by atoms with Gasteiger partial charge in [0.25, 0.3) is 0 Å². The SMILES string of the molecule is CCc1nc2sccn2c1C(O)c1cc(Br)c(O)c(Br)c1. The van der Waals surface area contributed by atoms with Crippen LogP contribution >= 0.6 is 43.2 Å². The summed E-state index contributed by atoms with van der Waals surface area (Å²) >= 11 is 8.13. The van der Waals surface area contributed by atoms with E-state index in [-0.39, 0.29) is 5.75 Å². The molecule has 1 unspecified atom stereocenters. The van der Waals surface area contributed by atoms with E-state index >= 15 is 0 Å². The molecule has 0 aliphatic carbocycles. The standard InChI is InChI=1S/C14H12Br2N2O2S/c1-2-10-11(18-3-4-21-14(18)17-10)12(19)7-5-8(15)13(20)9(16)6-7/h3-6,12,19-20H,2H2,1H3. The smallest absolute Gasteiger partial charge is 0.194 e. The first-order chi connectivity index (χ1) is 10.0. The minimum atomic E-state index is -0.808. The molecule has 2 N–H and O–H groups in total. The number of aryl methyl sites for hydroxylation is 1. The summed E-state index contributed by atoms with van der Waals surface area (Å²) in [5.41, 5.74) is 2.35. The number of hydrogen-bond donors (Lipinski definition) is 2. The van der Waals surface area contributed by atoms with Crippen molar-refractivity contribution in [2.24, 2.45) is 0 Å². The highest BCUT2D eigenvalue weighted by Crippen LogP contribution is 2.37. The van der Waals surface area contributed by atoms with Gasteiger partial charge in [-0.25, -0.2) is 4.98 Å². The minimum absolute atomic E-state index is 0.121. The molecule has 2 heterocycles. The van der Waals surface area contributed by atoms with Gasteiger partial charge in [0.05, 0.1) is 20.3 Å². The number of rotatable bonds is 3. The van der Waals surface area contributed by atoms with Gasteiger partial charge in [0.15, 0.2) is 4.96 Å². The van der Waals surface area contributed by atoms with E-state index < -0.39 is 6.10 Å². The Hall–Kier alpha value is -0.890. The Morgan fingerprint density at radius 2 is 2.00 bits per heavy atom. The number of aromatic hydroxyl groups is 1. The van der Waals surface area contributed by atoms with Gasteiger partial charge in [0, 0.05) is 11.6 Å². The molecule has 110 valence electrons. The Balaban J connectivity index is 2.16. The Morgan fingerprint density at radius 3 is 2.62 bits per heavy atom. The molecule has 0 amide bonds. The van der Waals surface area contributed by atoms with Crippen molar-refractivity contribution in [2.45, 2.75) is 19.4 Å². The first-order valence-corrected chi connectivity index (χ1v) is 8.79. The van der Waals surface area contributed by atoms with Crippen LogP contribution in [0, 0.1) is 0 Å². The Labute approximate surface area is 142 Å². The number of thiazole rings is 1. The van der Waals surface area contributed by atoms with Crippen LogP contribution < -0.4 is 0 Å². The van der Waals surface area contributed by atoms with Gasteiger partial charge in [-0.05, 0) is 56.0 Å². The van der Waals surface area contributed by atoms with Crippen LogP contribution in [0.1, 0.15) is 30.0 Å². The van der Waals surface area contributed by atoms with E-state index in [1.54, 1.807) is 23.5 Å². The lowest BCUT2D eigenvalue weighted by molar-refractivity contribution is 0.213. The Kier molecular flexibility index (Phi) is 4.09. The molecule has 0 aliphatic heterocycles. The van der Waals surface area contributed by atoms with E-state index in [9.17, 15) is 10.2 Å². The molecule has 0 aliphatic rings. The van der Waals surface area contributed by atoms with Crippen molar-refractivity contribution in [3.05, 3.63) is 49.6 Å². The van der Waals surface area contributed by atoms with Crippen LogP contribution in [0.5, 0.6) is 5.75 Å². The highest BCUT2D eigenvalue weighted by atomic mass is 79.9. The van der Waals surface area contributed by atoms with Crippen LogP contribution in [-0.2, 0) is 6.42 Å². The zero-order chi connectivity index (χ0) is 15.1. The fourth-order valence-corrected chi connectivity index (χ4v) is 4.26. The maximum atomic E-state index is 10.8. The van der Waals surface area contributed by atoms with E-state index in [2.05, 4.69) is 36.8 Å². The minimum Gasteiger partial charge on any atom is -0.506 e. The summed E-state index contributed by atoms with van der Waals surface area (Å²) in [7, 11) is 0. The van der Waals surface area contributed by atoms with Gasteiger partial charge in [-0.1, -0.05) is 6.92 Å². The molecule has 0 bridgehead atoms. The number of phenols is 1. The molecule has 0 saturated carbocycles. The summed E-state index contributed by atoms with van der Waals surface area (Å²) in [4.78, 5) is 5.42. The summed E-state index contributed by atoms with van der Waals surface area (Å²) in [5.74, 6) is 0.121. The summed E-state index contributed by atoms with van der Waals surface area (Å²) in [5, 5.41) is 22.5. The van der Waals surface area contributed by atoms with Crippen LogP contribution in [0.3, 0.4) is 0 Å². The Morgan fingerprint density at radius 1 is 1.33 bits per heavy atom. The lowest BCUT2D eigenvalue weighted by Crippen LogP contribution is -2.06. The molecule has 7 heteroatoms. The normalized spacial score (nSPS) is 13.0. The van der Waals surface area contributed by atoms with Crippen molar-refractivity contribution in [3.8, 4) is 5.75 Å². The van der Waals surface area contributed by atoms with E-state index in [1.807, 2.05) is 22.9 Å². The maximum absolute atomic E-state index is 10.8. The molecular formula is C14H12Br2N2O2S. The number of aliphatic hydroxyl groups is 1. The predicted octanol–water partition coefficient (Wildman–Crippen LogP) is 4.27. The molecule has 1 aromatic carbocycles. The maximum Gasteiger partial charge on any atom is 0.194 e. The molecule has 1 atom stereocenters. The third-order valence-corrected chi connectivity index (χ3v) is 5.29. The highest BCUT2D eigenvalue weighted by molar-refractivity contribution is 9.11. The van der Waals surface area contributed by atoms with Crippen molar-refractivity contribution >= 4 is 48.2 Å². The molecule has 0 fully saturated rings. The number of aliphatic hydroxyl groups excluding tert-OH is 1. The molecule has 0 saturated heterocycles. The zero-order valence-electron chi connectivity index (χ0n) is 11.0. The van der Waals surface area contributed by atoms with E-state index in [1.165, 1.54) is 0 Å². The molecule has 0 radical (unpaired) electrons. The molecule has 21 heavy (non-hydrogen) atoms. The third-order valence-electron chi connectivity index (χ3n) is 3.32. The number of hydrogen-bond acceptors (Lipinski definition) is 4. The number of nitrogens with zero attached hydrogens (tertiary/aromatic N) is 2. The molecule has 4 nitrogen and oxygen atoms in total. The second-order valence-electron chi connectivity index (χ2n) is 4.59. The van der Waals surface area contributed by atoms with Crippen LogP contribution in [0.2, 0.25) is 0 Å². The topological polar surface area (TPSA) is 57.8 Å². The van der Waals surface area contributed by atoms with Gasteiger partial charge >= 0.3 is 0 Å². The van der Waals surface area contributed by atoms with Crippen LogP contribution in [0.4, 0.5) is 0 Å². The van der Waals surface area contributed by atoms with Gasteiger partial charge in [0.1, 0.15) is 11.9 Å². The van der Waals surface area contributed by atoms with E-state index in [4.69, 9.17) is 0 Å². The number of aromatic nitrogens is 2. The molecule has 0 spiro atoms. The number of benzene rings is 1. The van der Waals surface area contributed by atoms with Gasteiger partial charge in [-0.15, -0.1) is 11.3 Å². The summed E-state index contributed by atoms with van der Waals surface area (Å²) in [6.07, 6.45) is 1.86. The fraction of sp³-hybridized carbons (Fsp3) is 0.214. The van der Waals surface area contributed by atoms with E-state index in [0.717, 1.165) is 22.8 Å². The Bertz CT molecular complexity index is 790. The third kappa shape index (κ3) is 2.52. The molecule has 3 aromatic rings. The summed E-state index contributed by atoms with van der Waals surface area (Å²) in [6.45, 7) is 2.02. The van der Waals surface area contributed by atoms with Gasteiger partial charge < -0.3 is 10.2 Å². The van der Waals surface area contributed by atoms with Crippen molar-refractivity contribution in [1.82, 2.24) is 9.38 Å². The summed E-state index contributed by atoms with van der Waals surface area (Å²) < 4.78 is 2.99. The number of fused-ring (bicyclic) bond motifs is 1. The number of imidazole rings is 1. The lowest BCUT2D eigenvalue weighted by atomic mass is 10.0. The average Bonchev–Trinajstić information content (AvgIpc) is 3.03. The van der Waals surface area contributed by atoms with Crippen molar-refractivity contribution in [3.63, 3.8) is 0 Å². The van der Waals surface area contributed by atoms with E-state index in [0.29, 0.717) is 14.5 Å². The fourth-order valence-electron chi connectivity index (χ4n) is 2.30. The lowest BCUT2D eigenvalue weighted by Gasteiger charge is -2.14. The van der Waals surface area contributed by atoms with Crippen LogP contribution in [-0.4, -0.2) is 19.6 Å². The highest BCUT2D eigenvalue weighted by Gasteiger charge is 2.22. The largest absolute Gasteiger partial charge is 0.506 e. The number of phenolic OH excluding ortho intramolecular Hbond substituents is 1. The van der Waals surface area contributed by atoms with Gasteiger partial charge in [-0.2, -0.15) is 0 Å². The molecule has 3 rings (SSSR count). The first-order valence-electron chi connectivity index (χ1n) is 6.33. The first kappa shape index (κ1) is 15.0. The van der Waals surface area contributed by atoms with Gasteiger partial charge in [0.2, 0.25) is 0 Å². The van der Waals surface area contributed by atoms with Crippen LogP contribution in [0.15, 0.2) is 32.7 Å². The van der Waals surface area contributed by atoms with Crippen molar-refractivity contribution < 1.29 is 10.2 Å².